The SMILES string of the molecule is COc1cc2c(Oc3ccc(NC(=O)C4(C(=O)Nc5ccc(F)cc5)CC4)cc3)ccnc2cc1N1CCC(CN2C[C@@H]3C[C@H]2CN3CC(=O)Nc2cccc3c2CN(C2CCC(=O)NC2=O)C3=O)CC1. The second-order valence-corrected chi connectivity index (χ2v) is 19.6. The fourth-order valence-electron chi connectivity index (χ4n) is 11.1. The highest BCUT2D eigenvalue weighted by Gasteiger charge is 2.56. The highest BCUT2D eigenvalue weighted by atomic mass is 19.1. The van der Waals surface area contributed by atoms with Crippen LogP contribution in [0.3, 0.4) is 0 Å². The Labute approximate surface area is 409 Å². The fraction of sp³-hybridized carbons (Fsp3) is 0.377. The predicted octanol–water partition coefficient (Wildman–Crippen LogP) is 5.91. The number of benzene rings is 4. The summed E-state index contributed by atoms with van der Waals surface area (Å²) in [5.74, 6) is -0.0214. The van der Waals surface area contributed by atoms with Crippen molar-refractivity contribution in [3.63, 3.8) is 0 Å². The fourth-order valence-corrected chi connectivity index (χ4v) is 11.1. The molecule has 4 saturated heterocycles. The molecule has 6 amide bonds. The average Bonchev–Trinajstić information content (AvgIpc) is 3.83. The van der Waals surface area contributed by atoms with Gasteiger partial charge in [-0.25, -0.2) is 4.39 Å². The van der Waals surface area contributed by atoms with E-state index in [1.807, 2.05) is 6.07 Å². The largest absolute Gasteiger partial charge is 0.495 e. The van der Waals surface area contributed by atoms with Gasteiger partial charge < -0.3 is 35.2 Å². The number of pyridine rings is 1. The number of fused-ring (bicyclic) bond motifs is 4. The summed E-state index contributed by atoms with van der Waals surface area (Å²) >= 11 is 0. The third-order valence-corrected chi connectivity index (χ3v) is 15.2. The Hall–Kier alpha value is -7.44. The van der Waals surface area contributed by atoms with Gasteiger partial charge in [0.25, 0.3) is 5.91 Å². The van der Waals surface area contributed by atoms with E-state index < -0.39 is 35.0 Å². The summed E-state index contributed by atoms with van der Waals surface area (Å²) < 4.78 is 25.6. The number of hydrogen-bond donors (Lipinski definition) is 4. The lowest BCUT2D eigenvalue weighted by Crippen LogP contribution is -2.52. The molecule has 18 heteroatoms. The van der Waals surface area contributed by atoms with Gasteiger partial charge in [-0.2, -0.15) is 0 Å². The van der Waals surface area contributed by atoms with Gasteiger partial charge in [0, 0.05) is 97.5 Å². The number of anilines is 4. The second-order valence-electron chi connectivity index (χ2n) is 19.6. The summed E-state index contributed by atoms with van der Waals surface area (Å²) in [5, 5.41) is 11.8. The van der Waals surface area contributed by atoms with Crippen LogP contribution < -0.4 is 35.6 Å². The Morgan fingerprint density at radius 1 is 0.831 bits per heavy atom. The van der Waals surface area contributed by atoms with E-state index >= 15 is 0 Å². The van der Waals surface area contributed by atoms with Crippen LogP contribution in [0.15, 0.2) is 91.1 Å². The van der Waals surface area contributed by atoms with E-state index in [1.54, 1.807) is 61.8 Å². The molecule has 5 aliphatic heterocycles. The number of nitrogens with zero attached hydrogens (tertiary/aromatic N) is 5. The van der Waals surface area contributed by atoms with Crippen LogP contribution in [0.4, 0.5) is 27.1 Å². The number of nitrogens with one attached hydrogen (secondary N) is 4. The Balaban J connectivity index is 0.655. The van der Waals surface area contributed by atoms with Gasteiger partial charge in [-0.05, 0) is 123 Å². The third-order valence-electron chi connectivity index (χ3n) is 15.2. The lowest BCUT2D eigenvalue weighted by molar-refractivity contribution is -0.137. The number of likely N-dealkylation sites (tertiary alicyclic amines) is 2. The normalized spacial score (nSPS) is 21.8. The van der Waals surface area contributed by atoms with Gasteiger partial charge in [0.2, 0.25) is 29.5 Å². The van der Waals surface area contributed by atoms with Crippen molar-refractivity contribution in [2.24, 2.45) is 11.3 Å². The van der Waals surface area contributed by atoms with Crippen molar-refractivity contribution in [1.29, 1.82) is 0 Å². The van der Waals surface area contributed by atoms with E-state index in [0.717, 1.165) is 74.3 Å². The summed E-state index contributed by atoms with van der Waals surface area (Å²) in [5.41, 5.74) is 3.25. The van der Waals surface area contributed by atoms with E-state index in [4.69, 9.17) is 14.5 Å². The second kappa shape index (κ2) is 18.7. The van der Waals surface area contributed by atoms with Gasteiger partial charge in [0.15, 0.2) is 0 Å². The summed E-state index contributed by atoms with van der Waals surface area (Å²) in [6, 6.07) is 23.4. The lowest BCUT2D eigenvalue weighted by atomic mass is 9.95. The molecule has 0 radical (unpaired) electrons. The quantitative estimate of drug-likeness (QED) is 0.0761. The van der Waals surface area contributed by atoms with Crippen LogP contribution in [0.5, 0.6) is 17.2 Å². The number of piperidine rings is 2. The Morgan fingerprint density at radius 3 is 2.21 bits per heavy atom. The minimum absolute atomic E-state index is 0.132. The first-order chi connectivity index (χ1) is 34.4. The molecule has 366 valence electrons. The van der Waals surface area contributed by atoms with Crippen LogP contribution >= 0.6 is 0 Å². The molecule has 0 spiro atoms. The topological polar surface area (TPSA) is 195 Å². The van der Waals surface area contributed by atoms with E-state index in [0.29, 0.717) is 70.5 Å². The molecule has 71 heavy (non-hydrogen) atoms. The maximum atomic E-state index is 13.5. The van der Waals surface area contributed by atoms with Crippen LogP contribution in [0.2, 0.25) is 0 Å². The molecule has 5 aromatic rings. The Morgan fingerprint density at radius 2 is 1.54 bits per heavy atom. The molecule has 6 aliphatic rings. The molecule has 4 aromatic carbocycles. The predicted molar refractivity (Wildman–Crippen MR) is 262 cm³/mol. The number of ether oxygens (including phenoxy) is 2. The van der Waals surface area contributed by atoms with E-state index in [-0.39, 0.29) is 43.7 Å². The van der Waals surface area contributed by atoms with Crippen molar-refractivity contribution in [3.05, 3.63) is 108 Å². The molecule has 4 N–H and O–H groups in total. The van der Waals surface area contributed by atoms with Crippen LogP contribution in [-0.4, -0.2) is 120 Å². The molecule has 3 atom stereocenters. The molecule has 5 fully saturated rings. The first-order valence-electron chi connectivity index (χ1n) is 24.3. The molecule has 2 bridgehead atoms. The monoisotopic (exact) mass is 963 g/mol. The number of carbonyl (C=O) groups is 6. The van der Waals surface area contributed by atoms with Gasteiger partial charge >= 0.3 is 0 Å². The molecular formula is C53H54FN9O8. The zero-order valence-corrected chi connectivity index (χ0v) is 39.2. The van der Waals surface area contributed by atoms with Crippen molar-refractivity contribution in [2.75, 3.05) is 67.2 Å². The third kappa shape index (κ3) is 9.13. The number of aromatic nitrogens is 1. The first-order valence-corrected chi connectivity index (χ1v) is 24.3. The van der Waals surface area contributed by atoms with Crippen LogP contribution in [0, 0.1) is 17.2 Å². The number of rotatable bonds is 14. The van der Waals surface area contributed by atoms with Crippen LogP contribution in [0.1, 0.15) is 60.9 Å². The Kier molecular flexibility index (Phi) is 12.1. The zero-order valence-electron chi connectivity index (χ0n) is 39.2. The number of methoxy groups -OCH3 is 1. The minimum Gasteiger partial charge on any atom is -0.495 e. The number of halogens is 1. The van der Waals surface area contributed by atoms with Gasteiger partial charge in [-0.3, -0.25) is 48.9 Å². The van der Waals surface area contributed by atoms with Gasteiger partial charge in [0.05, 0.1) is 24.9 Å². The summed E-state index contributed by atoms with van der Waals surface area (Å²) in [4.78, 5) is 90.7. The number of amides is 6. The van der Waals surface area contributed by atoms with Gasteiger partial charge in [0.1, 0.15) is 34.5 Å². The summed E-state index contributed by atoms with van der Waals surface area (Å²) in [6.07, 6.45) is 6.11. The van der Waals surface area contributed by atoms with Crippen molar-refractivity contribution in [2.45, 2.75) is 69.6 Å². The first kappa shape index (κ1) is 46.0. The number of imide groups is 1. The molecule has 6 heterocycles. The number of piperazine rings is 1. The molecule has 1 aromatic heterocycles. The van der Waals surface area contributed by atoms with E-state index in [1.165, 1.54) is 29.2 Å². The minimum atomic E-state index is -1.18. The number of carbonyl (C=O) groups excluding carboxylic acids is 6. The highest BCUT2D eigenvalue weighted by Crippen LogP contribution is 2.48. The number of hydrogen-bond acceptors (Lipinski definition) is 12. The van der Waals surface area contributed by atoms with Crippen molar-refractivity contribution >= 4 is 69.1 Å². The van der Waals surface area contributed by atoms with Crippen molar-refractivity contribution in [3.8, 4) is 17.2 Å². The molecule has 11 rings (SSSR count). The van der Waals surface area contributed by atoms with Crippen LogP contribution in [0.25, 0.3) is 10.9 Å². The van der Waals surface area contributed by atoms with Gasteiger partial charge in [-0.15, -0.1) is 0 Å². The van der Waals surface area contributed by atoms with Crippen LogP contribution in [-0.2, 0) is 30.5 Å². The maximum Gasteiger partial charge on any atom is 0.255 e. The Bertz CT molecular complexity index is 2960. The van der Waals surface area contributed by atoms with E-state index in [9.17, 15) is 33.2 Å². The van der Waals surface area contributed by atoms with E-state index in [2.05, 4.69) is 42.0 Å². The van der Waals surface area contributed by atoms with Crippen molar-refractivity contribution < 1.29 is 42.6 Å². The summed E-state index contributed by atoms with van der Waals surface area (Å²) in [6.45, 7) is 4.98. The summed E-state index contributed by atoms with van der Waals surface area (Å²) in [7, 11) is 1.67. The molecular weight excluding hydrogens is 910 g/mol. The molecule has 17 nitrogen and oxygen atoms in total. The smallest absolute Gasteiger partial charge is 0.255 e. The molecule has 1 unspecified atom stereocenters. The zero-order chi connectivity index (χ0) is 49.0. The molecule has 1 aliphatic carbocycles. The molecule has 1 saturated carbocycles. The standard InChI is InChI=1S/C53H54FN9O8/c1-70-46-24-39-42(55-20-15-45(39)71-37-11-9-34(10-12-37)57-52(69)53(18-19-53)51(68)56-33-7-5-32(54)6-8-33)25-44(46)60-21-16-31(17-22-60)26-61-27-36-23-35(61)28-62(36)30-48(65)58-41-4-2-3-38-40(41)29-63(50(38)67)43-13-14-47(64)59-49(43)66/h2-12,15,20,24-25,31,35-36,43H,13-14,16-19,21-23,26-30H2,1H3,(H,56,68)(H,57,69)(H,58,65)(H,59,64,66)/t35-,36-,43?/m0/s1. The van der Waals surface area contributed by atoms with Crippen molar-refractivity contribution in [1.82, 2.24) is 25.0 Å². The lowest BCUT2D eigenvalue weighted by Gasteiger charge is -2.39. The highest BCUT2D eigenvalue weighted by molar-refractivity contribution is 6.17. The maximum absolute atomic E-state index is 13.5. The van der Waals surface area contributed by atoms with Gasteiger partial charge in [-0.1, -0.05) is 6.07 Å². The average molecular weight is 964 g/mol.